The van der Waals surface area contributed by atoms with Crippen LogP contribution in [-0.4, -0.2) is 16.0 Å². The molecule has 1 N–H and O–H groups in total. The lowest BCUT2D eigenvalue weighted by atomic mass is 10.2. The summed E-state index contributed by atoms with van der Waals surface area (Å²) < 4.78 is 1.53. The van der Waals surface area contributed by atoms with Gasteiger partial charge in [0.1, 0.15) is 0 Å². The number of aromatic nitrogens is 2. The smallest absolute Gasteiger partial charge is 0.280 e. The van der Waals surface area contributed by atoms with E-state index in [1.54, 1.807) is 6.21 Å². The van der Waals surface area contributed by atoms with Crippen LogP contribution in [0.5, 0.6) is 0 Å². The van der Waals surface area contributed by atoms with Gasteiger partial charge in [-0.05, 0) is 38.1 Å². The molecule has 0 aliphatic carbocycles. The Morgan fingerprint density at radius 2 is 1.68 bits per heavy atom. The van der Waals surface area contributed by atoms with E-state index >= 15 is 0 Å². The summed E-state index contributed by atoms with van der Waals surface area (Å²) in [6, 6.07) is 17.4. The lowest BCUT2D eigenvalue weighted by Crippen LogP contribution is -2.17. The second-order valence-electron chi connectivity index (χ2n) is 5.22. The molecule has 2 aromatic carbocycles. The molecular weight excluding hydrogens is 274 g/mol. The highest BCUT2D eigenvalue weighted by molar-refractivity contribution is 5.83. The molecule has 0 amide bonds. The highest BCUT2D eigenvalue weighted by atomic mass is 16.1. The second kappa shape index (κ2) is 5.85. The molecule has 0 aliphatic rings. The number of para-hydroxylation sites is 1. The quantitative estimate of drug-likeness (QED) is 0.737. The van der Waals surface area contributed by atoms with Crippen molar-refractivity contribution in [2.75, 3.05) is 0 Å². The number of nitrogens with zero attached hydrogens (tertiary/aromatic N) is 2. The number of aromatic amines is 1. The van der Waals surface area contributed by atoms with Crippen LogP contribution in [0.4, 0.5) is 5.69 Å². The van der Waals surface area contributed by atoms with Gasteiger partial charge in [-0.25, -0.2) is 4.68 Å². The molecular formula is C18H17N3O. The third-order valence-electron chi connectivity index (χ3n) is 3.51. The van der Waals surface area contributed by atoms with Crippen LogP contribution in [0.1, 0.15) is 16.8 Å². The van der Waals surface area contributed by atoms with Gasteiger partial charge in [-0.2, -0.15) is 0 Å². The Bertz CT molecular complexity index is 856. The van der Waals surface area contributed by atoms with Crippen molar-refractivity contribution in [1.29, 1.82) is 0 Å². The van der Waals surface area contributed by atoms with Crippen LogP contribution >= 0.6 is 0 Å². The van der Waals surface area contributed by atoms with Gasteiger partial charge in [0.25, 0.3) is 5.56 Å². The Hall–Kier alpha value is -2.88. The normalized spacial score (nSPS) is 11.2. The van der Waals surface area contributed by atoms with Gasteiger partial charge in [-0.15, -0.1) is 0 Å². The standard InChI is InChI=1S/C18H17N3O/c1-13-8-10-15(11-9-13)19-12-17-14(2)20-21(18(17)22)16-6-4-3-5-7-16/h3-12,20H,1-2H3. The lowest BCUT2D eigenvalue weighted by molar-refractivity contribution is 0.835. The molecule has 0 radical (unpaired) electrons. The summed E-state index contributed by atoms with van der Waals surface area (Å²) in [5.41, 5.74) is 4.10. The fourth-order valence-electron chi connectivity index (χ4n) is 2.24. The number of benzene rings is 2. The predicted octanol–water partition coefficient (Wildman–Crippen LogP) is 3.53. The summed E-state index contributed by atoms with van der Waals surface area (Å²) >= 11 is 0. The largest absolute Gasteiger partial charge is 0.295 e. The minimum absolute atomic E-state index is 0.0976. The molecule has 0 fully saturated rings. The van der Waals surface area contributed by atoms with Crippen LogP contribution in [0.2, 0.25) is 0 Å². The van der Waals surface area contributed by atoms with Gasteiger partial charge in [-0.1, -0.05) is 35.9 Å². The number of H-pyrrole nitrogens is 1. The first-order valence-corrected chi connectivity index (χ1v) is 7.13. The molecule has 0 unspecified atom stereocenters. The van der Waals surface area contributed by atoms with Crippen LogP contribution in [0.3, 0.4) is 0 Å². The molecule has 3 rings (SSSR count). The summed E-state index contributed by atoms with van der Waals surface area (Å²) in [4.78, 5) is 16.9. The van der Waals surface area contributed by atoms with Crippen molar-refractivity contribution in [2.24, 2.45) is 4.99 Å². The molecule has 1 aromatic heterocycles. The van der Waals surface area contributed by atoms with Gasteiger partial charge >= 0.3 is 0 Å². The van der Waals surface area contributed by atoms with Gasteiger partial charge in [0.15, 0.2) is 0 Å². The van der Waals surface area contributed by atoms with Crippen LogP contribution < -0.4 is 5.56 Å². The first-order chi connectivity index (χ1) is 10.6. The van der Waals surface area contributed by atoms with Crippen molar-refractivity contribution in [1.82, 2.24) is 9.78 Å². The van der Waals surface area contributed by atoms with Crippen molar-refractivity contribution in [2.45, 2.75) is 13.8 Å². The Balaban J connectivity index is 1.97. The first-order valence-electron chi connectivity index (χ1n) is 7.13. The minimum Gasteiger partial charge on any atom is -0.295 e. The second-order valence-corrected chi connectivity index (χ2v) is 5.22. The Labute approximate surface area is 128 Å². The molecule has 0 bridgehead atoms. The SMILES string of the molecule is Cc1ccc(N=Cc2c(C)[nH]n(-c3ccccc3)c2=O)cc1. The van der Waals surface area contributed by atoms with Gasteiger partial charge < -0.3 is 0 Å². The summed E-state index contributed by atoms with van der Waals surface area (Å²) in [6.45, 7) is 3.90. The van der Waals surface area contributed by atoms with Crippen molar-refractivity contribution < 1.29 is 0 Å². The van der Waals surface area contributed by atoms with E-state index in [4.69, 9.17) is 0 Å². The monoisotopic (exact) mass is 291 g/mol. The summed E-state index contributed by atoms with van der Waals surface area (Å²) in [6.07, 6.45) is 1.62. The molecule has 110 valence electrons. The molecule has 1 heterocycles. The van der Waals surface area contributed by atoms with Gasteiger partial charge in [0, 0.05) is 11.9 Å². The number of hydrogen-bond acceptors (Lipinski definition) is 2. The van der Waals surface area contributed by atoms with Crippen molar-refractivity contribution in [3.05, 3.63) is 81.8 Å². The average Bonchev–Trinajstić information content (AvgIpc) is 2.82. The van der Waals surface area contributed by atoms with E-state index < -0.39 is 0 Å². The third-order valence-corrected chi connectivity index (χ3v) is 3.51. The number of rotatable bonds is 3. The fraction of sp³-hybridized carbons (Fsp3) is 0.111. The molecule has 4 heteroatoms. The van der Waals surface area contributed by atoms with Crippen molar-refractivity contribution >= 4 is 11.9 Å². The highest BCUT2D eigenvalue weighted by Crippen LogP contribution is 2.13. The molecule has 3 aromatic rings. The van der Waals surface area contributed by atoms with Crippen LogP contribution in [-0.2, 0) is 0 Å². The molecule has 0 spiro atoms. The topological polar surface area (TPSA) is 50.1 Å². The van der Waals surface area contributed by atoms with Crippen LogP contribution in [0.15, 0.2) is 64.4 Å². The van der Waals surface area contributed by atoms with E-state index in [1.165, 1.54) is 10.2 Å². The zero-order valence-corrected chi connectivity index (χ0v) is 12.6. The third kappa shape index (κ3) is 2.76. The summed E-state index contributed by atoms with van der Waals surface area (Å²) in [7, 11) is 0. The van der Waals surface area contributed by atoms with Gasteiger partial charge in [0.05, 0.1) is 16.9 Å². The zero-order valence-electron chi connectivity index (χ0n) is 12.6. The maximum Gasteiger partial charge on any atom is 0.280 e. The van der Waals surface area contributed by atoms with E-state index in [2.05, 4.69) is 10.1 Å². The molecule has 0 atom stereocenters. The Kier molecular flexibility index (Phi) is 3.74. The summed E-state index contributed by atoms with van der Waals surface area (Å²) in [5, 5.41) is 3.09. The number of hydrogen-bond donors (Lipinski definition) is 1. The molecule has 0 saturated heterocycles. The maximum atomic E-state index is 12.5. The number of aliphatic imine (C=N–C) groups is 1. The van der Waals surface area contributed by atoms with E-state index in [9.17, 15) is 4.79 Å². The molecule has 22 heavy (non-hydrogen) atoms. The van der Waals surface area contributed by atoms with E-state index in [-0.39, 0.29) is 5.56 Å². The number of aryl methyl sites for hydroxylation is 2. The Morgan fingerprint density at radius 3 is 2.36 bits per heavy atom. The minimum atomic E-state index is -0.0976. The number of nitrogens with one attached hydrogen (secondary N) is 1. The average molecular weight is 291 g/mol. The zero-order chi connectivity index (χ0) is 15.5. The van der Waals surface area contributed by atoms with Crippen molar-refractivity contribution in [3.63, 3.8) is 0 Å². The first kappa shape index (κ1) is 14.1. The lowest BCUT2D eigenvalue weighted by Gasteiger charge is -1.99. The van der Waals surface area contributed by atoms with E-state index in [1.807, 2.05) is 68.4 Å². The predicted molar refractivity (Wildman–Crippen MR) is 89.6 cm³/mol. The molecule has 4 nitrogen and oxygen atoms in total. The summed E-state index contributed by atoms with van der Waals surface area (Å²) in [5.74, 6) is 0. The van der Waals surface area contributed by atoms with Crippen LogP contribution in [0, 0.1) is 13.8 Å². The van der Waals surface area contributed by atoms with Gasteiger partial charge in [0.2, 0.25) is 0 Å². The van der Waals surface area contributed by atoms with E-state index in [0.717, 1.165) is 17.1 Å². The molecule has 0 saturated carbocycles. The maximum absolute atomic E-state index is 12.5. The van der Waals surface area contributed by atoms with E-state index in [0.29, 0.717) is 5.56 Å². The van der Waals surface area contributed by atoms with Crippen LogP contribution in [0.25, 0.3) is 5.69 Å². The molecule has 0 aliphatic heterocycles. The Morgan fingerprint density at radius 1 is 1.00 bits per heavy atom. The fourth-order valence-corrected chi connectivity index (χ4v) is 2.24. The van der Waals surface area contributed by atoms with Crippen molar-refractivity contribution in [3.8, 4) is 5.69 Å². The highest BCUT2D eigenvalue weighted by Gasteiger charge is 2.10. The van der Waals surface area contributed by atoms with Gasteiger partial charge in [-0.3, -0.25) is 14.9 Å².